The third-order valence-corrected chi connectivity index (χ3v) is 6.92. The second kappa shape index (κ2) is 6.41. The average molecular weight is 346 g/mol. The van der Waals surface area contributed by atoms with Crippen LogP contribution in [0.2, 0.25) is 0 Å². The lowest BCUT2D eigenvalue weighted by molar-refractivity contribution is -0.929. The van der Waals surface area contributed by atoms with Crippen molar-refractivity contribution in [1.29, 1.82) is 0 Å². The van der Waals surface area contributed by atoms with E-state index in [1.165, 1.54) is 17.7 Å². The van der Waals surface area contributed by atoms with E-state index in [9.17, 15) is 8.42 Å². The van der Waals surface area contributed by atoms with Crippen molar-refractivity contribution in [3.05, 3.63) is 10.7 Å². The molecular formula is C14H24N3O3S2+. The van der Waals surface area contributed by atoms with Gasteiger partial charge in [-0.25, -0.2) is 8.42 Å². The molecule has 1 N–H and O–H groups in total. The molecule has 0 saturated carbocycles. The van der Waals surface area contributed by atoms with Crippen molar-refractivity contribution in [3.8, 4) is 0 Å². The zero-order chi connectivity index (χ0) is 15.7. The lowest BCUT2D eigenvalue weighted by atomic mass is 10.00. The summed E-state index contributed by atoms with van der Waals surface area (Å²) in [5, 5.41) is 4.46. The second-order valence-corrected chi connectivity index (χ2v) is 9.40. The van der Waals surface area contributed by atoms with Crippen LogP contribution in [0, 0.1) is 16.7 Å². The number of hydrogen-bond acceptors (Lipinski definition) is 5. The summed E-state index contributed by atoms with van der Waals surface area (Å²) >= 11 is 5.25. The first kappa shape index (κ1) is 16.1. The first-order valence-corrected chi connectivity index (χ1v) is 10.2. The SMILES string of the molecule is CC1CC[NH+](Cn2nc(C[C@H]3CCS(=O)(=O)C3)oc2=S)CC1. The number of quaternary nitrogens is 1. The minimum absolute atomic E-state index is 0.120. The summed E-state index contributed by atoms with van der Waals surface area (Å²) in [6.07, 6.45) is 3.76. The van der Waals surface area contributed by atoms with Crippen molar-refractivity contribution in [2.75, 3.05) is 24.6 Å². The largest absolute Gasteiger partial charge is 0.414 e. The van der Waals surface area contributed by atoms with Crippen LogP contribution in [-0.2, 0) is 22.9 Å². The molecule has 0 aliphatic carbocycles. The smallest absolute Gasteiger partial charge is 0.291 e. The van der Waals surface area contributed by atoms with Gasteiger partial charge < -0.3 is 9.32 Å². The van der Waals surface area contributed by atoms with Gasteiger partial charge in [-0.1, -0.05) is 6.92 Å². The summed E-state index contributed by atoms with van der Waals surface area (Å²) in [4.78, 5) is 1.89. The molecule has 8 heteroatoms. The van der Waals surface area contributed by atoms with Crippen LogP contribution >= 0.6 is 12.2 Å². The highest BCUT2D eigenvalue weighted by Gasteiger charge is 2.29. The van der Waals surface area contributed by atoms with E-state index in [-0.39, 0.29) is 17.4 Å². The fourth-order valence-electron chi connectivity index (χ4n) is 3.35. The Bertz CT molecular complexity index is 672. The van der Waals surface area contributed by atoms with Crippen molar-refractivity contribution >= 4 is 22.1 Å². The predicted molar refractivity (Wildman–Crippen MR) is 84.9 cm³/mol. The third kappa shape index (κ3) is 3.97. The Labute approximate surface area is 136 Å². The maximum atomic E-state index is 11.5. The number of sulfone groups is 1. The van der Waals surface area contributed by atoms with Crippen molar-refractivity contribution in [2.45, 2.75) is 39.3 Å². The Morgan fingerprint density at radius 3 is 2.73 bits per heavy atom. The first-order chi connectivity index (χ1) is 10.4. The van der Waals surface area contributed by atoms with Crippen molar-refractivity contribution in [3.63, 3.8) is 0 Å². The maximum absolute atomic E-state index is 11.5. The number of nitrogens with zero attached hydrogens (tertiary/aromatic N) is 2. The number of hydrogen-bond donors (Lipinski definition) is 1. The molecule has 2 fully saturated rings. The molecule has 0 aromatic carbocycles. The molecule has 22 heavy (non-hydrogen) atoms. The van der Waals surface area contributed by atoms with Gasteiger partial charge in [-0.15, -0.1) is 5.10 Å². The maximum Gasteiger partial charge on any atom is 0.291 e. The van der Waals surface area contributed by atoms with Gasteiger partial charge in [0.05, 0.1) is 24.6 Å². The number of piperidine rings is 1. The molecule has 0 spiro atoms. The number of rotatable bonds is 4. The Hall–Kier alpha value is -0.730. The molecule has 1 atom stereocenters. The Balaban J connectivity index is 1.60. The Morgan fingerprint density at radius 1 is 1.36 bits per heavy atom. The second-order valence-electron chi connectivity index (χ2n) is 6.83. The Morgan fingerprint density at radius 2 is 2.09 bits per heavy atom. The minimum atomic E-state index is -2.85. The summed E-state index contributed by atoms with van der Waals surface area (Å²) in [6.45, 7) is 5.34. The molecular weight excluding hydrogens is 322 g/mol. The fourth-order valence-corrected chi connectivity index (χ4v) is 5.42. The van der Waals surface area contributed by atoms with Gasteiger partial charge in [-0.3, -0.25) is 0 Å². The molecule has 1 aromatic rings. The van der Waals surface area contributed by atoms with Crippen LogP contribution in [0.1, 0.15) is 32.1 Å². The Kier molecular flexibility index (Phi) is 4.70. The van der Waals surface area contributed by atoms with Gasteiger partial charge in [0.15, 0.2) is 16.5 Å². The van der Waals surface area contributed by atoms with E-state index in [1.807, 2.05) is 0 Å². The van der Waals surface area contributed by atoms with Crippen LogP contribution in [0.3, 0.4) is 0 Å². The van der Waals surface area contributed by atoms with Crippen molar-refractivity contribution in [1.82, 2.24) is 9.78 Å². The number of nitrogens with one attached hydrogen (secondary N) is 1. The van der Waals surface area contributed by atoms with Gasteiger partial charge in [0.1, 0.15) is 0 Å². The number of aromatic nitrogens is 2. The lowest BCUT2D eigenvalue weighted by Crippen LogP contribution is -3.12. The van der Waals surface area contributed by atoms with Gasteiger partial charge in [0.25, 0.3) is 4.84 Å². The molecule has 2 aliphatic rings. The zero-order valence-electron chi connectivity index (χ0n) is 13.0. The van der Waals surface area contributed by atoms with Crippen LogP contribution in [0.25, 0.3) is 0 Å². The molecule has 1 aromatic heterocycles. The third-order valence-electron chi connectivity index (χ3n) is 4.79. The van der Waals surface area contributed by atoms with Gasteiger partial charge >= 0.3 is 0 Å². The fraction of sp³-hybridized carbons (Fsp3) is 0.857. The van der Waals surface area contributed by atoms with Gasteiger partial charge in [0.2, 0.25) is 5.89 Å². The van der Waals surface area contributed by atoms with Crippen molar-refractivity contribution in [2.24, 2.45) is 11.8 Å². The topological polar surface area (TPSA) is 69.5 Å². The monoisotopic (exact) mass is 346 g/mol. The van der Waals surface area contributed by atoms with Crippen LogP contribution < -0.4 is 4.90 Å². The van der Waals surface area contributed by atoms with E-state index in [2.05, 4.69) is 12.0 Å². The molecule has 3 rings (SSSR count). The highest BCUT2D eigenvalue weighted by Crippen LogP contribution is 2.22. The van der Waals surface area contributed by atoms with E-state index in [4.69, 9.17) is 16.6 Å². The standard InChI is InChI=1S/C14H23N3O3S2/c1-11-2-5-16(6-3-11)10-17-14(21)20-13(15-17)8-12-4-7-22(18,19)9-12/h11-12H,2-10H2,1H3/p+1/t12-/m1/s1. The summed E-state index contributed by atoms with van der Waals surface area (Å²) in [5.41, 5.74) is 0. The van der Waals surface area contributed by atoms with E-state index in [0.29, 0.717) is 23.6 Å². The van der Waals surface area contributed by atoms with Crippen LogP contribution in [0.5, 0.6) is 0 Å². The molecule has 2 saturated heterocycles. The summed E-state index contributed by atoms with van der Waals surface area (Å²) < 4.78 is 30.4. The normalized spacial score (nSPS) is 31.4. The predicted octanol–water partition coefficient (Wildman–Crippen LogP) is 0.455. The summed E-state index contributed by atoms with van der Waals surface area (Å²) in [5.74, 6) is 2.05. The van der Waals surface area contributed by atoms with E-state index in [0.717, 1.165) is 25.7 Å². The quantitative estimate of drug-likeness (QED) is 0.802. The molecule has 6 nitrogen and oxygen atoms in total. The molecule has 0 amide bonds. The minimum Gasteiger partial charge on any atom is -0.414 e. The van der Waals surface area contributed by atoms with E-state index >= 15 is 0 Å². The molecule has 0 unspecified atom stereocenters. The molecule has 3 heterocycles. The van der Waals surface area contributed by atoms with Crippen LogP contribution in [-0.4, -0.2) is 42.8 Å². The molecule has 2 aliphatic heterocycles. The van der Waals surface area contributed by atoms with Gasteiger partial charge in [0, 0.05) is 6.42 Å². The van der Waals surface area contributed by atoms with Crippen LogP contribution in [0.4, 0.5) is 0 Å². The highest BCUT2D eigenvalue weighted by molar-refractivity contribution is 7.91. The molecule has 124 valence electrons. The van der Waals surface area contributed by atoms with Crippen molar-refractivity contribution < 1.29 is 17.7 Å². The first-order valence-electron chi connectivity index (χ1n) is 8.02. The van der Waals surface area contributed by atoms with Gasteiger partial charge in [-0.05, 0) is 43.3 Å². The molecule has 0 radical (unpaired) electrons. The van der Waals surface area contributed by atoms with Crippen LogP contribution in [0.15, 0.2) is 4.42 Å². The van der Waals surface area contributed by atoms with E-state index in [1.54, 1.807) is 4.68 Å². The average Bonchev–Trinajstić information content (AvgIpc) is 2.96. The zero-order valence-corrected chi connectivity index (χ0v) is 14.6. The summed E-state index contributed by atoms with van der Waals surface area (Å²) in [7, 11) is -2.85. The highest BCUT2D eigenvalue weighted by atomic mass is 32.2. The lowest BCUT2D eigenvalue weighted by Gasteiger charge is -2.26. The van der Waals surface area contributed by atoms with Gasteiger partial charge in [-0.2, -0.15) is 4.68 Å². The molecule has 0 bridgehead atoms. The summed E-state index contributed by atoms with van der Waals surface area (Å²) in [6, 6.07) is 0. The number of likely N-dealkylation sites (tertiary alicyclic amines) is 1. The van der Waals surface area contributed by atoms with E-state index < -0.39 is 9.84 Å².